The highest BCUT2D eigenvalue weighted by molar-refractivity contribution is 7.83. The Bertz CT molecular complexity index is 494. The van der Waals surface area contributed by atoms with E-state index in [2.05, 4.69) is 0 Å². The SMILES string of the molecule is CC(C)OC(=O)C(C)N(C)P(=O)(Cl)Oc1ccccc1. The molecule has 2 unspecified atom stereocenters. The number of hydrogen-bond acceptors (Lipinski definition) is 4. The fraction of sp³-hybridized carbons (Fsp3) is 0.462. The third-order valence-electron chi connectivity index (χ3n) is 2.59. The van der Waals surface area contributed by atoms with E-state index < -0.39 is 18.9 Å². The summed E-state index contributed by atoms with van der Waals surface area (Å²) in [5.41, 5.74) is 0. The molecule has 1 aromatic rings. The van der Waals surface area contributed by atoms with Crippen LogP contribution in [0.1, 0.15) is 20.8 Å². The van der Waals surface area contributed by atoms with Crippen molar-refractivity contribution >= 4 is 24.1 Å². The largest absolute Gasteiger partial charge is 0.462 e. The van der Waals surface area contributed by atoms with Crippen molar-refractivity contribution in [2.75, 3.05) is 7.05 Å². The number of benzene rings is 1. The molecule has 0 aliphatic heterocycles. The molecular formula is C13H19ClNO4P. The van der Waals surface area contributed by atoms with E-state index in [-0.39, 0.29) is 6.10 Å². The lowest BCUT2D eigenvalue weighted by molar-refractivity contribution is -0.151. The molecule has 0 saturated heterocycles. The molecule has 0 aliphatic rings. The van der Waals surface area contributed by atoms with Crippen LogP contribution in [0.3, 0.4) is 0 Å². The zero-order chi connectivity index (χ0) is 15.3. The van der Waals surface area contributed by atoms with E-state index in [0.29, 0.717) is 5.75 Å². The number of para-hydroxylation sites is 1. The second-order valence-electron chi connectivity index (χ2n) is 4.59. The highest BCUT2D eigenvalue weighted by atomic mass is 35.7. The topological polar surface area (TPSA) is 55.8 Å². The molecule has 112 valence electrons. The van der Waals surface area contributed by atoms with Crippen molar-refractivity contribution in [2.24, 2.45) is 0 Å². The molecule has 0 aromatic heterocycles. The zero-order valence-electron chi connectivity index (χ0n) is 11.9. The average Bonchev–Trinajstić information content (AvgIpc) is 2.36. The Balaban J connectivity index is 2.76. The van der Waals surface area contributed by atoms with Gasteiger partial charge in [0, 0.05) is 11.2 Å². The number of hydrogen-bond donors (Lipinski definition) is 0. The molecular weight excluding hydrogens is 301 g/mol. The zero-order valence-corrected chi connectivity index (χ0v) is 13.6. The van der Waals surface area contributed by atoms with Gasteiger partial charge in [-0.25, -0.2) is 4.57 Å². The molecule has 7 heteroatoms. The first-order chi connectivity index (χ1) is 9.24. The molecule has 0 radical (unpaired) electrons. The minimum Gasteiger partial charge on any atom is -0.462 e. The number of halogens is 1. The maximum atomic E-state index is 12.4. The molecule has 0 spiro atoms. The molecule has 0 fully saturated rings. The molecule has 0 bridgehead atoms. The Labute approximate surface area is 124 Å². The predicted octanol–water partition coefficient (Wildman–Crippen LogP) is 3.68. The molecule has 1 rings (SSSR count). The van der Waals surface area contributed by atoms with Crippen LogP contribution in [-0.2, 0) is 14.1 Å². The number of rotatable bonds is 6. The Morgan fingerprint density at radius 3 is 2.30 bits per heavy atom. The van der Waals surface area contributed by atoms with Gasteiger partial charge < -0.3 is 9.26 Å². The number of esters is 1. The summed E-state index contributed by atoms with van der Waals surface area (Å²) in [6, 6.07) is 7.79. The summed E-state index contributed by atoms with van der Waals surface area (Å²) in [6.07, 6.45) is -0.247. The van der Waals surface area contributed by atoms with Crippen LogP contribution in [0.4, 0.5) is 0 Å². The first-order valence-corrected chi connectivity index (χ1v) is 8.70. The van der Waals surface area contributed by atoms with Gasteiger partial charge in [0.2, 0.25) is 0 Å². The average molecular weight is 320 g/mol. The van der Waals surface area contributed by atoms with Crippen molar-refractivity contribution in [3.8, 4) is 5.75 Å². The summed E-state index contributed by atoms with van der Waals surface area (Å²) in [5, 5.41) is 0. The van der Waals surface area contributed by atoms with E-state index in [1.807, 2.05) is 0 Å². The van der Waals surface area contributed by atoms with Gasteiger partial charge in [0.15, 0.2) is 0 Å². The summed E-state index contributed by atoms with van der Waals surface area (Å²) in [4.78, 5) is 11.8. The van der Waals surface area contributed by atoms with E-state index in [4.69, 9.17) is 20.5 Å². The van der Waals surface area contributed by atoms with E-state index >= 15 is 0 Å². The van der Waals surface area contributed by atoms with Crippen LogP contribution in [0.5, 0.6) is 5.75 Å². The Morgan fingerprint density at radius 1 is 1.25 bits per heavy atom. The lowest BCUT2D eigenvalue weighted by atomic mass is 10.3. The van der Waals surface area contributed by atoms with Gasteiger partial charge >= 0.3 is 12.8 Å². The molecule has 0 aliphatic carbocycles. The lowest BCUT2D eigenvalue weighted by Crippen LogP contribution is -2.36. The Kier molecular flexibility index (Phi) is 6.06. The van der Waals surface area contributed by atoms with Gasteiger partial charge in [0.05, 0.1) is 6.10 Å². The van der Waals surface area contributed by atoms with E-state index in [1.54, 1.807) is 51.1 Å². The normalized spacial score (nSPS) is 15.8. The summed E-state index contributed by atoms with van der Waals surface area (Å²) < 4.78 is 23.9. The van der Waals surface area contributed by atoms with Crippen LogP contribution in [0.2, 0.25) is 0 Å². The first-order valence-electron chi connectivity index (χ1n) is 6.22. The minimum atomic E-state index is -3.65. The second-order valence-corrected chi connectivity index (χ2v) is 7.59. The van der Waals surface area contributed by atoms with Crippen LogP contribution in [-0.4, -0.2) is 29.8 Å². The van der Waals surface area contributed by atoms with E-state index in [0.717, 1.165) is 0 Å². The Hall–Kier alpha value is -1.03. The van der Waals surface area contributed by atoms with Gasteiger partial charge in [-0.1, -0.05) is 18.2 Å². The summed E-state index contributed by atoms with van der Waals surface area (Å²) in [5.74, 6) is -0.123. The molecule has 0 N–H and O–H groups in total. The summed E-state index contributed by atoms with van der Waals surface area (Å²) in [6.45, 7) is 1.39. The molecule has 2 atom stereocenters. The van der Waals surface area contributed by atoms with E-state index in [1.165, 1.54) is 11.7 Å². The predicted molar refractivity (Wildman–Crippen MR) is 79.0 cm³/mol. The van der Waals surface area contributed by atoms with Crippen molar-refractivity contribution in [2.45, 2.75) is 32.9 Å². The number of carbonyl (C=O) groups excluding carboxylic acids is 1. The van der Waals surface area contributed by atoms with Crippen molar-refractivity contribution in [1.82, 2.24) is 4.67 Å². The molecule has 0 saturated carbocycles. The lowest BCUT2D eigenvalue weighted by Gasteiger charge is -2.27. The number of ether oxygens (including phenoxy) is 1. The second kappa shape index (κ2) is 7.11. The molecule has 0 amide bonds. The molecule has 0 heterocycles. The van der Waals surface area contributed by atoms with Crippen LogP contribution < -0.4 is 4.52 Å². The molecule has 1 aromatic carbocycles. The van der Waals surface area contributed by atoms with Gasteiger partial charge in [-0.3, -0.25) is 4.79 Å². The van der Waals surface area contributed by atoms with Crippen molar-refractivity contribution in [3.05, 3.63) is 30.3 Å². The maximum absolute atomic E-state index is 12.4. The standard InChI is InChI=1S/C13H19ClNO4P/c1-10(2)18-13(16)11(3)15(4)20(14,17)19-12-8-6-5-7-9-12/h5-11H,1-4H3. The van der Waals surface area contributed by atoms with Crippen molar-refractivity contribution in [1.29, 1.82) is 0 Å². The van der Waals surface area contributed by atoms with Gasteiger partial charge in [0.1, 0.15) is 11.8 Å². The first kappa shape index (κ1) is 17.0. The highest BCUT2D eigenvalue weighted by Gasteiger charge is 2.35. The summed E-state index contributed by atoms with van der Waals surface area (Å²) >= 11 is 5.95. The van der Waals surface area contributed by atoms with Crippen LogP contribution in [0.15, 0.2) is 30.3 Å². The van der Waals surface area contributed by atoms with Crippen molar-refractivity contribution in [3.63, 3.8) is 0 Å². The Morgan fingerprint density at radius 2 is 1.80 bits per heavy atom. The van der Waals surface area contributed by atoms with E-state index in [9.17, 15) is 9.36 Å². The fourth-order valence-corrected chi connectivity index (χ4v) is 3.02. The molecule has 5 nitrogen and oxygen atoms in total. The van der Waals surface area contributed by atoms with Gasteiger partial charge in [-0.05, 0) is 40.0 Å². The molecule has 20 heavy (non-hydrogen) atoms. The van der Waals surface area contributed by atoms with Gasteiger partial charge in [-0.15, -0.1) is 0 Å². The maximum Gasteiger partial charge on any atom is 0.412 e. The summed E-state index contributed by atoms with van der Waals surface area (Å²) in [7, 11) is 1.46. The quantitative estimate of drug-likeness (QED) is 0.591. The third-order valence-corrected chi connectivity index (χ3v) is 5.05. The number of nitrogens with zero attached hydrogens (tertiary/aromatic N) is 1. The van der Waals surface area contributed by atoms with Gasteiger partial charge in [-0.2, -0.15) is 4.67 Å². The monoisotopic (exact) mass is 319 g/mol. The third kappa shape index (κ3) is 4.82. The van der Waals surface area contributed by atoms with Crippen LogP contribution in [0, 0.1) is 0 Å². The minimum absolute atomic E-state index is 0.247. The van der Waals surface area contributed by atoms with Crippen LogP contribution >= 0.6 is 18.1 Å². The van der Waals surface area contributed by atoms with Crippen molar-refractivity contribution < 1.29 is 18.6 Å². The van der Waals surface area contributed by atoms with Gasteiger partial charge in [0.25, 0.3) is 0 Å². The number of carbonyl (C=O) groups is 1. The number of likely N-dealkylation sites (N-methyl/N-ethyl adjacent to an activating group) is 1. The fourth-order valence-electron chi connectivity index (χ4n) is 1.37. The highest BCUT2D eigenvalue weighted by Crippen LogP contribution is 2.55. The van der Waals surface area contributed by atoms with Crippen LogP contribution in [0.25, 0.3) is 0 Å². The smallest absolute Gasteiger partial charge is 0.412 e.